The van der Waals surface area contributed by atoms with Crippen molar-refractivity contribution in [3.8, 4) is 17.4 Å². The molecule has 0 aliphatic rings. The predicted octanol–water partition coefficient (Wildman–Crippen LogP) is 2.45. The van der Waals surface area contributed by atoms with Gasteiger partial charge in [-0.25, -0.2) is 4.79 Å². The van der Waals surface area contributed by atoms with Gasteiger partial charge in [0.05, 0.1) is 18.2 Å². The molecule has 176 valence electrons. The summed E-state index contributed by atoms with van der Waals surface area (Å²) in [5, 5.41) is 11.2. The summed E-state index contributed by atoms with van der Waals surface area (Å²) in [6.07, 6.45) is 0.845. The first kappa shape index (κ1) is 22.9. The molecule has 4 aromatic rings. The number of ether oxygens (including phenoxy) is 2. The van der Waals surface area contributed by atoms with Crippen LogP contribution in [-0.4, -0.2) is 37.9 Å². The molecule has 0 saturated carbocycles. The molecule has 9 heteroatoms. The fraction of sp³-hybridized carbons (Fsp3) is 0.240. The minimum Gasteiger partial charge on any atom is -0.497 e. The Morgan fingerprint density at radius 1 is 1.03 bits per heavy atom. The highest BCUT2D eigenvalue weighted by Crippen LogP contribution is 2.29. The third-order valence-electron chi connectivity index (χ3n) is 5.83. The maximum atomic E-state index is 13.3. The largest absolute Gasteiger partial charge is 0.497 e. The van der Waals surface area contributed by atoms with Gasteiger partial charge >= 0.3 is 5.69 Å². The highest BCUT2D eigenvalue weighted by Gasteiger charge is 2.23. The zero-order valence-electron chi connectivity index (χ0n) is 19.3. The van der Waals surface area contributed by atoms with Crippen molar-refractivity contribution in [1.29, 1.82) is 0 Å². The van der Waals surface area contributed by atoms with Gasteiger partial charge in [0, 0.05) is 32.1 Å². The number of aromatic hydroxyl groups is 1. The topological polar surface area (TPSA) is 105 Å². The van der Waals surface area contributed by atoms with E-state index in [1.54, 1.807) is 43.5 Å². The maximum Gasteiger partial charge on any atom is 0.333 e. The lowest BCUT2D eigenvalue weighted by Crippen LogP contribution is -2.38. The Morgan fingerprint density at radius 2 is 1.74 bits per heavy atom. The molecular weight excluding hydrogens is 438 g/mol. The molecule has 0 bridgehead atoms. The number of benzene rings is 2. The average Bonchev–Trinajstić information content (AvgIpc) is 3.21. The van der Waals surface area contributed by atoms with E-state index in [0.717, 1.165) is 9.13 Å². The van der Waals surface area contributed by atoms with Gasteiger partial charge in [-0.2, -0.15) is 0 Å². The van der Waals surface area contributed by atoms with Crippen LogP contribution in [0.3, 0.4) is 0 Å². The lowest BCUT2D eigenvalue weighted by atomic mass is 10.1. The summed E-state index contributed by atoms with van der Waals surface area (Å²) in [5.41, 5.74) is 0.0343. The molecule has 9 nitrogen and oxygen atoms in total. The van der Waals surface area contributed by atoms with Crippen molar-refractivity contribution in [2.75, 3.05) is 7.11 Å². The van der Waals surface area contributed by atoms with Crippen LogP contribution in [0, 0.1) is 0 Å². The minimum absolute atomic E-state index is 0.00446. The molecular formula is C25H25N3O6. The predicted molar refractivity (Wildman–Crippen MR) is 127 cm³/mol. The molecule has 0 aliphatic carbocycles. The summed E-state index contributed by atoms with van der Waals surface area (Å²) >= 11 is 0. The smallest absolute Gasteiger partial charge is 0.333 e. The van der Waals surface area contributed by atoms with Gasteiger partial charge in [-0.15, -0.1) is 0 Å². The van der Waals surface area contributed by atoms with Crippen molar-refractivity contribution in [2.24, 2.45) is 14.1 Å². The average molecular weight is 463 g/mol. The van der Waals surface area contributed by atoms with Gasteiger partial charge in [0.15, 0.2) is 6.10 Å². The van der Waals surface area contributed by atoms with E-state index in [4.69, 9.17) is 9.47 Å². The number of methoxy groups -OCH3 is 1. The second kappa shape index (κ2) is 8.93. The Kier molecular flexibility index (Phi) is 6.02. The van der Waals surface area contributed by atoms with Gasteiger partial charge in [-0.3, -0.25) is 23.3 Å². The van der Waals surface area contributed by atoms with Crippen LogP contribution >= 0.6 is 0 Å². The van der Waals surface area contributed by atoms with Gasteiger partial charge in [-0.05, 0) is 42.8 Å². The van der Waals surface area contributed by atoms with E-state index in [1.165, 1.54) is 25.8 Å². The number of aromatic nitrogens is 3. The van der Waals surface area contributed by atoms with E-state index in [0.29, 0.717) is 28.0 Å². The molecule has 0 radical (unpaired) electrons. The highest BCUT2D eigenvalue weighted by molar-refractivity contribution is 5.97. The van der Waals surface area contributed by atoms with E-state index in [9.17, 15) is 19.5 Å². The first-order valence-corrected chi connectivity index (χ1v) is 10.6. The number of hydrogen-bond donors (Lipinski definition) is 1. The first-order chi connectivity index (χ1) is 16.2. The van der Waals surface area contributed by atoms with Crippen LogP contribution in [0.5, 0.6) is 17.4 Å². The Bertz CT molecular complexity index is 1500. The molecule has 0 fully saturated rings. The van der Waals surface area contributed by atoms with Gasteiger partial charge in [0.2, 0.25) is 5.88 Å². The van der Waals surface area contributed by atoms with Crippen LogP contribution in [-0.2, 0) is 20.5 Å². The molecule has 2 heterocycles. The minimum atomic E-state index is -0.785. The molecule has 2 aromatic carbocycles. The lowest BCUT2D eigenvalue weighted by Gasteiger charge is -2.14. The number of nitrogens with zero attached hydrogens (tertiary/aromatic N) is 3. The van der Waals surface area contributed by atoms with Crippen molar-refractivity contribution >= 4 is 16.8 Å². The Labute approximate surface area is 195 Å². The number of hydrogen-bond acceptors (Lipinski definition) is 6. The van der Waals surface area contributed by atoms with Crippen molar-refractivity contribution in [3.63, 3.8) is 0 Å². The van der Waals surface area contributed by atoms with Gasteiger partial charge < -0.3 is 14.6 Å². The van der Waals surface area contributed by atoms with Gasteiger partial charge in [0.25, 0.3) is 11.5 Å². The fourth-order valence-corrected chi connectivity index (χ4v) is 3.93. The molecule has 1 N–H and O–H groups in total. The zero-order valence-corrected chi connectivity index (χ0v) is 19.3. The third kappa shape index (κ3) is 3.96. The summed E-state index contributed by atoms with van der Waals surface area (Å²) in [7, 11) is 4.28. The molecule has 34 heavy (non-hydrogen) atoms. The summed E-state index contributed by atoms with van der Waals surface area (Å²) in [6.45, 7) is 1.67. The number of carbonyl (C=O) groups is 1. The first-order valence-electron chi connectivity index (χ1n) is 10.6. The van der Waals surface area contributed by atoms with E-state index >= 15 is 0 Å². The normalized spacial score (nSPS) is 12.0. The quantitative estimate of drug-likeness (QED) is 0.471. The van der Waals surface area contributed by atoms with E-state index in [1.807, 2.05) is 18.2 Å². The number of fused-ring (bicyclic) bond motifs is 1. The summed E-state index contributed by atoms with van der Waals surface area (Å²) in [5.74, 6) is 0.428. The van der Waals surface area contributed by atoms with Gasteiger partial charge in [0.1, 0.15) is 11.5 Å². The Morgan fingerprint density at radius 3 is 2.41 bits per heavy atom. The number of rotatable bonds is 6. The van der Waals surface area contributed by atoms with E-state index in [-0.39, 0.29) is 17.9 Å². The molecule has 1 atom stereocenters. The van der Waals surface area contributed by atoms with Crippen molar-refractivity contribution in [2.45, 2.75) is 19.4 Å². The highest BCUT2D eigenvalue weighted by atomic mass is 16.5. The second-order valence-corrected chi connectivity index (χ2v) is 8.00. The number of para-hydroxylation sites is 1. The maximum absolute atomic E-state index is 13.3. The monoisotopic (exact) mass is 463 g/mol. The van der Waals surface area contributed by atoms with Crippen LogP contribution in [0.25, 0.3) is 10.9 Å². The SMILES string of the molecule is COc1ccc2c(c1)c(Cc1c(O)n(C)c(=O)n(C)c1=O)cn2C(=O)[C@@H](C)Oc1ccccc1. The molecule has 0 aliphatic heterocycles. The van der Waals surface area contributed by atoms with Gasteiger partial charge in [-0.1, -0.05) is 18.2 Å². The van der Waals surface area contributed by atoms with Crippen LogP contribution in [0.2, 0.25) is 0 Å². The Balaban J connectivity index is 1.81. The molecule has 0 saturated heterocycles. The second-order valence-electron chi connectivity index (χ2n) is 8.00. The van der Waals surface area contributed by atoms with Crippen molar-refractivity contribution in [3.05, 3.63) is 86.7 Å². The molecule has 4 rings (SSSR count). The van der Waals surface area contributed by atoms with Crippen LogP contribution in [0.15, 0.2) is 64.3 Å². The summed E-state index contributed by atoms with van der Waals surface area (Å²) < 4.78 is 14.6. The molecule has 2 aromatic heterocycles. The van der Waals surface area contributed by atoms with Crippen molar-refractivity contribution in [1.82, 2.24) is 13.7 Å². The molecule has 0 amide bonds. The molecule has 0 unspecified atom stereocenters. The number of carbonyl (C=O) groups excluding carboxylic acids is 1. The van der Waals surface area contributed by atoms with Crippen molar-refractivity contribution < 1.29 is 19.4 Å². The zero-order chi connectivity index (χ0) is 24.6. The Hall–Kier alpha value is -4.27. The van der Waals surface area contributed by atoms with Crippen LogP contribution in [0.4, 0.5) is 0 Å². The molecule has 0 spiro atoms. The van der Waals surface area contributed by atoms with E-state index < -0.39 is 23.2 Å². The van der Waals surface area contributed by atoms with Crippen LogP contribution in [0.1, 0.15) is 22.8 Å². The summed E-state index contributed by atoms with van der Waals surface area (Å²) in [6, 6.07) is 14.3. The summed E-state index contributed by atoms with van der Waals surface area (Å²) in [4.78, 5) is 38.2. The lowest BCUT2D eigenvalue weighted by molar-refractivity contribution is 0.0733. The van der Waals surface area contributed by atoms with E-state index in [2.05, 4.69) is 0 Å². The fourth-order valence-electron chi connectivity index (χ4n) is 3.93. The van der Waals surface area contributed by atoms with Crippen LogP contribution < -0.4 is 20.7 Å². The third-order valence-corrected chi connectivity index (χ3v) is 5.83. The standard InChI is InChI=1S/C25H25N3O6/c1-15(34-17-8-6-5-7-9-17)22(29)28-14-16(19-13-18(33-4)10-11-21(19)28)12-20-23(30)26(2)25(32)27(3)24(20)31/h5-11,13-15,30H,12H2,1-4H3/t15-/m1/s1.